The Balaban J connectivity index is 2.42. The van der Waals surface area contributed by atoms with Crippen molar-refractivity contribution in [1.82, 2.24) is 9.91 Å². The molecule has 2 rings (SSSR count). The van der Waals surface area contributed by atoms with Crippen molar-refractivity contribution < 1.29 is 0 Å². The van der Waals surface area contributed by atoms with E-state index >= 15 is 0 Å². The summed E-state index contributed by atoms with van der Waals surface area (Å²) in [6.45, 7) is 0. The third kappa shape index (κ3) is 1.68. The van der Waals surface area contributed by atoms with Gasteiger partial charge in [-0.1, -0.05) is 6.08 Å². The van der Waals surface area contributed by atoms with Crippen LogP contribution in [0.25, 0.3) is 0 Å². The monoisotopic (exact) mass is 204 g/mol. The fourth-order valence-corrected chi connectivity index (χ4v) is 1.97. The highest BCUT2D eigenvalue weighted by Gasteiger charge is 2.22. The van der Waals surface area contributed by atoms with Gasteiger partial charge in [0.1, 0.15) is 5.84 Å². The molecule has 80 valence electrons. The van der Waals surface area contributed by atoms with Crippen molar-refractivity contribution >= 4 is 5.84 Å². The van der Waals surface area contributed by atoms with Crippen LogP contribution in [0.4, 0.5) is 0 Å². The Morgan fingerprint density at radius 3 is 2.87 bits per heavy atom. The third-order valence-corrected chi connectivity index (χ3v) is 2.81. The van der Waals surface area contributed by atoms with E-state index in [2.05, 4.69) is 16.0 Å². The highest BCUT2D eigenvalue weighted by Crippen LogP contribution is 2.26. The lowest BCUT2D eigenvalue weighted by atomic mass is 10.1. The molecule has 0 aromatic heterocycles. The molecule has 0 saturated carbocycles. The molecule has 2 aliphatic rings. The number of amidine groups is 1. The van der Waals surface area contributed by atoms with Crippen molar-refractivity contribution in [2.45, 2.75) is 12.8 Å². The summed E-state index contributed by atoms with van der Waals surface area (Å²) in [6, 6.07) is 0. The number of hydrazine groups is 1. The van der Waals surface area contributed by atoms with E-state index in [1.54, 1.807) is 5.01 Å². The number of hydrogen-bond donors (Lipinski definition) is 1. The van der Waals surface area contributed by atoms with Gasteiger partial charge in [-0.25, -0.2) is 5.84 Å². The number of aliphatic imine (C=N–C) groups is 1. The van der Waals surface area contributed by atoms with E-state index in [1.165, 1.54) is 0 Å². The fraction of sp³-hybridized carbons (Fsp3) is 0.364. The molecule has 4 heteroatoms. The number of rotatable bonds is 0. The number of nitrogens with two attached hydrogens (primary N) is 1. The maximum atomic E-state index is 5.92. The first kappa shape index (κ1) is 9.98. The fourth-order valence-electron chi connectivity index (χ4n) is 1.97. The van der Waals surface area contributed by atoms with Crippen LogP contribution in [0.2, 0.25) is 0 Å². The summed E-state index contributed by atoms with van der Waals surface area (Å²) in [7, 11) is 3.86. The van der Waals surface area contributed by atoms with E-state index in [4.69, 9.17) is 5.84 Å². The van der Waals surface area contributed by atoms with Crippen LogP contribution in [0.15, 0.2) is 40.8 Å². The van der Waals surface area contributed by atoms with Crippen molar-refractivity contribution in [3.63, 3.8) is 0 Å². The zero-order valence-electron chi connectivity index (χ0n) is 9.14. The molecule has 0 atom stereocenters. The Kier molecular flexibility index (Phi) is 2.60. The van der Waals surface area contributed by atoms with Crippen LogP contribution in [0.1, 0.15) is 12.8 Å². The zero-order chi connectivity index (χ0) is 10.8. The van der Waals surface area contributed by atoms with Gasteiger partial charge in [-0.05, 0) is 18.6 Å². The maximum Gasteiger partial charge on any atom is 0.103 e. The first-order valence-electron chi connectivity index (χ1n) is 5.05. The van der Waals surface area contributed by atoms with Crippen molar-refractivity contribution in [1.29, 1.82) is 0 Å². The van der Waals surface area contributed by atoms with E-state index in [0.29, 0.717) is 0 Å². The van der Waals surface area contributed by atoms with Crippen LogP contribution in [0.3, 0.4) is 0 Å². The first-order chi connectivity index (χ1) is 7.24. The van der Waals surface area contributed by atoms with Crippen LogP contribution >= 0.6 is 0 Å². The molecule has 4 nitrogen and oxygen atoms in total. The van der Waals surface area contributed by atoms with E-state index in [0.717, 1.165) is 30.1 Å². The van der Waals surface area contributed by atoms with E-state index in [9.17, 15) is 0 Å². The molecule has 0 bridgehead atoms. The minimum atomic E-state index is 0.942. The van der Waals surface area contributed by atoms with Gasteiger partial charge in [-0.3, -0.25) is 10.0 Å². The molecule has 0 fully saturated rings. The van der Waals surface area contributed by atoms with Gasteiger partial charge in [0.25, 0.3) is 0 Å². The lowest BCUT2D eigenvalue weighted by Gasteiger charge is -2.32. The summed E-state index contributed by atoms with van der Waals surface area (Å²) in [6.07, 6.45) is 9.77. The van der Waals surface area contributed by atoms with Gasteiger partial charge in [0.05, 0.1) is 11.4 Å². The third-order valence-electron chi connectivity index (χ3n) is 2.81. The average molecular weight is 204 g/mol. The molecule has 0 aromatic carbocycles. The zero-order valence-corrected chi connectivity index (χ0v) is 9.14. The summed E-state index contributed by atoms with van der Waals surface area (Å²) in [5.74, 6) is 7.03. The Morgan fingerprint density at radius 2 is 2.13 bits per heavy atom. The van der Waals surface area contributed by atoms with Crippen LogP contribution in [0.5, 0.6) is 0 Å². The molecule has 0 spiro atoms. The molecule has 0 amide bonds. The molecular formula is C11H16N4. The number of hydrogen-bond acceptors (Lipinski definition) is 3. The molecule has 0 unspecified atom stereocenters. The Labute approximate surface area is 90.0 Å². The molecule has 2 aliphatic heterocycles. The van der Waals surface area contributed by atoms with Crippen LogP contribution in [0, 0.1) is 0 Å². The second kappa shape index (κ2) is 3.90. The number of allylic oxidation sites excluding steroid dienone is 4. The number of likely N-dealkylation sites (N-methyl/N-ethyl adjacent to an activating group) is 1. The van der Waals surface area contributed by atoms with Crippen LogP contribution < -0.4 is 5.84 Å². The highest BCUT2D eigenvalue weighted by atomic mass is 15.4. The maximum absolute atomic E-state index is 5.92. The second-order valence-electron chi connectivity index (χ2n) is 3.64. The Morgan fingerprint density at radius 1 is 1.33 bits per heavy atom. The van der Waals surface area contributed by atoms with Crippen molar-refractivity contribution in [3.8, 4) is 0 Å². The summed E-state index contributed by atoms with van der Waals surface area (Å²) >= 11 is 0. The van der Waals surface area contributed by atoms with Gasteiger partial charge in [0, 0.05) is 26.7 Å². The second-order valence-corrected chi connectivity index (χ2v) is 3.64. The van der Waals surface area contributed by atoms with Crippen LogP contribution in [-0.4, -0.2) is 29.8 Å². The molecule has 0 aliphatic carbocycles. The van der Waals surface area contributed by atoms with Gasteiger partial charge >= 0.3 is 0 Å². The SMILES string of the molecule is CN=C1CCC2=C(C=CC=CN2N)N1C. The van der Waals surface area contributed by atoms with Crippen LogP contribution in [-0.2, 0) is 0 Å². The van der Waals surface area contributed by atoms with Crippen molar-refractivity contribution in [2.24, 2.45) is 10.8 Å². The van der Waals surface area contributed by atoms with Crippen molar-refractivity contribution in [3.05, 3.63) is 35.8 Å². The minimum Gasteiger partial charge on any atom is -0.332 e. The minimum absolute atomic E-state index is 0.942. The molecule has 0 saturated heterocycles. The van der Waals surface area contributed by atoms with Gasteiger partial charge in [0.15, 0.2) is 0 Å². The highest BCUT2D eigenvalue weighted by molar-refractivity contribution is 5.85. The first-order valence-corrected chi connectivity index (χ1v) is 5.05. The topological polar surface area (TPSA) is 44.9 Å². The predicted molar refractivity (Wildman–Crippen MR) is 61.7 cm³/mol. The van der Waals surface area contributed by atoms with Gasteiger partial charge < -0.3 is 4.90 Å². The molecular weight excluding hydrogens is 188 g/mol. The summed E-state index contributed by atoms with van der Waals surface area (Å²) in [5, 5.41) is 1.69. The smallest absolute Gasteiger partial charge is 0.103 e. The Hall–Kier alpha value is -1.55. The molecule has 15 heavy (non-hydrogen) atoms. The molecule has 0 aromatic rings. The van der Waals surface area contributed by atoms with Crippen molar-refractivity contribution in [2.75, 3.05) is 14.1 Å². The van der Waals surface area contributed by atoms with E-state index in [-0.39, 0.29) is 0 Å². The average Bonchev–Trinajstić information content (AvgIpc) is 2.42. The molecule has 2 N–H and O–H groups in total. The van der Waals surface area contributed by atoms with Gasteiger partial charge in [-0.2, -0.15) is 0 Å². The lowest BCUT2D eigenvalue weighted by Crippen LogP contribution is -2.36. The normalized spacial score (nSPS) is 23.5. The van der Waals surface area contributed by atoms with Gasteiger partial charge in [-0.15, -0.1) is 0 Å². The van der Waals surface area contributed by atoms with Gasteiger partial charge in [0.2, 0.25) is 0 Å². The lowest BCUT2D eigenvalue weighted by molar-refractivity contribution is 0.430. The quantitative estimate of drug-likeness (QED) is 0.603. The Bertz CT molecular complexity index is 376. The summed E-state index contributed by atoms with van der Waals surface area (Å²) in [5.41, 5.74) is 2.28. The molecule has 2 heterocycles. The van der Waals surface area contributed by atoms with E-state index in [1.807, 2.05) is 32.4 Å². The largest absolute Gasteiger partial charge is 0.332 e. The van der Waals surface area contributed by atoms with E-state index < -0.39 is 0 Å². The summed E-state index contributed by atoms with van der Waals surface area (Å²) < 4.78 is 0. The molecule has 0 radical (unpaired) electrons. The predicted octanol–water partition coefficient (Wildman–Crippen LogP) is 1.21. The summed E-state index contributed by atoms with van der Waals surface area (Å²) in [4.78, 5) is 6.37. The standard InChI is InChI=1S/C11H16N4/c1-13-11-7-6-10-9(14(11)2)5-3-4-8-15(10)12/h3-5,8H,6-7,12H2,1-2H3. The number of nitrogens with zero attached hydrogens (tertiary/aromatic N) is 3.